The van der Waals surface area contributed by atoms with E-state index in [1.54, 1.807) is 0 Å². The van der Waals surface area contributed by atoms with Crippen molar-refractivity contribution in [3.8, 4) is 0 Å². The van der Waals surface area contributed by atoms with E-state index in [2.05, 4.69) is 15.5 Å². The van der Waals surface area contributed by atoms with Crippen LogP contribution < -0.4 is 5.32 Å². The molecule has 19 heavy (non-hydrogen) atoms. The van der Waals surface area contributed by atoms with Gasteiger partial charge in [0.2, 0.25) is 21.6 Å². The summed E-state index contributed by atoms with van der Waals surface area (Å²) < 4.78 is 27.6. The first-order chi connectivity index (χ1) is 8.74. The van der Waals surface area contributed by atoms with Crippen LogP contribution in [-0.4, -0.2) is 36.7 Å². The van der Waals surface area contributed by atoms with Crippen molar-refractivity contribution in [2.45, 2.75) is 31.5 Å². The van der Waals surface area contributed by atoms with Gasteiger partial charge < -0.3 is 9.73 Å². The summed E-state index contributed by atoms with van der Waals surface area (Å²) in [6.45, 7) is 3.90. The average molecular weight is 310 g/mol. The molecule has 1 amide bonds. The maximum Gasteiger partial charge on any atom is 0.335 e. The summed E-state index contributed by atoms with van der Waals surface area (Å²) in [5.74, 6) is -0.269. The highest BCUT2D eigenvalue weighted by molar-refractivity contribution is 7.90. The number of halogens is 1. The third kappa shape index (κ3) is 4.79. The molecule has 0 saturated carbocycles. The normalized spacial score (nSPS) is 13.5. The number of nitrogens with zero attached hydrogens (tertiary/aromatic N) is 2. The van der Waals surface area contributed by atoms with E-state index in [0.717, 1.165) is 6.26 Å². The topological polar surface area (TPSA) is 102 Å². The van der Waals surface area contributed by atoms with Gasteiger partial charge in [0.25, 0.3) is 0 Å². The van der Waals surface area contributed by atoms with Crippen molar-refractivity contribution in [2.24, 2.45) is 5.92 Å². The maximum absolute atomic E-state index is 11.3. The van der Waals surface area contributed by atoms with Crippen LogP contribution in [0.4, 0.5) is 0 Å². The second-order valence-corrected chi connectivity index (χ2v) is 6.72. The van der Waals surface area contributed by atoms with Crippen LogP contribution in [0.25, 0.3) is 0 Å². The zero-order valence-electron chi connectivity index (χ0n) is 10.9. The fourth-order valence-electron chi connectivity index (χ4n) is 1.44. The van der Waals surface area contributed by atoms with Gasteiger partial charge in [0, 0.05) is 6.26 Å². The summed E-state index contributed by atoms with van der Waals surface area (Å²) in [5.41, 5.74) is 0. The number of amides is 1. The van der Waals surface area contributed by atoms with Crippen LogP contribution in [0.15, 0.2) is 9.64 Å². The second kappa shape index (κ2) is 6.33. The molecule has 0 fully saturated rings. The lowest BCUT2D eigenvalue weighted by molar-refractivity contribution is -0.119. The van der Waals surface area contributed by atoms with Gasteiger partial charge in [0.15, 0.2) is 0 Å². The molecule has 1 N–H and O–H groups in total. The molecule has 0 aromatic carbocycles. The van der Waals surface area contributed by atoms with E-state index in [4.69, 9.17) is 16.0 Å². The minimum Gasteiger partial charge on any atom is -0.410 e. The number of alkyl halides is 1. The van der Waals surface area contributed by atoms with Gasteiger partial charge in [0.05, 0.1) is 0 Å². The molecule has 0 saturated heterocycles. The van der Waals surface area contributed by atoms with Crippen molar-refractivity contribution >= 4 is 27.3 Å². The Morgan fingerprint density at radius 3 is 2.47 bits per heavy atom. The molecule has 1 rings (SSSR count). The Balaban J connectivity index is 2.97. The van der Waals surface area contributed by atoms with Crippen molar-refractivity contribution in [1.82, 2.24) is 15.5 Å². The van der Waals surface area contributed by atoms with E-state index in [0.29, 0.717) is 6.42 Å². The molecule has 7 nitrogen and oxygen atoms in total. The van der Waals surface area contributed by atoms with Gasteiger partial charge in [0.1, 0.15) is 11.9 Å². The molecular weight excluding hydrogens is 294 g/mol. The Labute approximate surface area is 116 Å². The molecule has 0 aliphatic carbocycles. The van der Waals surface area contributed by atoms with Crippen LogP contribution in [-0.2, 0) is 14.6 Å². The third-order valence-electron chi connectivity index (χ3n) is 2.20. The van der Waals surface area contributed by atoms with E-state index in [1.807, 2.05) is 13.8 Å². The second-order valence-electron chi connectivity index (χ2n) is 4.56. The Bertz CT molecular complexity index is 541. The summed E-state index contributed by atoms with van der Waals surface area (Å²) in [6.07, 6.45) is 1.51. The fourth-order valence-corrected chi connectivity index (χ4v) is 1.94. The van der Waals surface area contributed by atoms with Gasteiger partial charge in [-0.2, -0.15) is 0 Å². The van der Waals surface area contributed by atoms with Crippen LogP contribution in [0.5, 0.6) is 0 Å². The highest BCUT2D eigenvalue weighted by Crippen LogP contribution is 2.21. The van der Waals surface area contributed by atoms with Gasteiger partial charge in [-0.25, -0.2) is 8.42 Å². The molecule has 1 heterocycles. The molecule has 108 valence electrons. The zero-order valence-corrected chi connectivity index (χ0v) is 12.5. The predicted molar refractivity (Wildman–Crippen MR) is 68.5 cm³/mol. The Morgan fingerprint density at radius 1 is 1.42 bits per heavy atom. The first-order valence-corrected chi connectivity index (χ1v) is 8.05. The summed E-state index contributed by atoms with van der Waals surface area (Å²) >= 11 is 5.42. The van der Waals surface area contributed by atoms with Gasteiger partial charge in [-0.15, -0.1) is 16.7 Å². The van der Waals surface area contributed by atoms with Gasteiger partial charge >= 0.3 is 5.22 Å². The average Bonchev–Trinajstić information content (AvgIpc) is 2.76. The first-order valence-electron chi connectivity index (χ1n) is 5.62. The maximum atomic E-state index is 11.3. The highest BCUT2D eigenvalue weighted by atomic mass is 35.5. The lowest BCUT2D eigenvalue weighted by Gasteiger charge is -2.16. The van der Waals surface area contributed by atoms with Crippen molar-refractivity contribution in [3.63, 3.8) is 0 Å². The number of carbonyl (C=O) groups excluding carboxylic acids is 1. The van der Waals surface area contributed by atoms with Gasteiger partial charge in [-0.1, -0.05) is 18.9 Å². The van der Waals surface area contributed by atoms with Crippen LogP contribution >= 0.6 is 11.6 Å². The summed E-state index contributed by atoms with van der Waals surface area (Å²) in [7, 11) is -3.56. The number of hydrogen-bond donors (Lipinski definition) is 1. The quantitative estimate of drug-likeness (QED) is 0.784. The van der Waals surface area contributed by atoms with Crippen molar-refractivity contribution < 1.29 is 17.6 Å². The molecule has 1 aromatic rings. The van der Waals surface area contributed by atoms with E-state index in [1.165, 1.54) is 0 Å². The zero-order chi connectivity index (χ0) is 14.6. The molecule has 0 radical (unpaired) electrons. The lowest BCUT2D eigenvalue weighted by Crippen LogP contribution is -2.30. The summed E-state index contributed by atoms with van der Waals surface area (Å²) in [4.78, 5) is 11.3. The van der Waals surface area contributed by atoms with Crippen molar-refractivity contribution in [1.29, 1.82) is 0 Å². The number of rotatable bonds is 6. The number of carbonyl (C=O) groups is 1. The van der Waals surface area contributed by atoms with Gasteiger partial charge in [-0.05, 0) is 12.3 Å². The minimum absolute atomic E-state index is 0.0626. The largest absolute Gasteiger partial charge is 0.410 e. The Hall–Kier alpha value is -1.15. The highest BCUT2D eigenvalue weighted by Gasteiger charge is 2.24. The molecule has 9 heteroatoms. The van der Waals surface area contributed by atoms with E-state index in [-0.39, 0.29) is 23.6 Å². The molecule has 0 bridgehead atoms. The van der Waals surface area contributed by atoms with E-state index < -0.39 is 21.1 Å². The standard InChI is InChI=1S/C10H16ClN3O4S/c1-6(2)4-7(12-8(15)5-11)9-13-14-10(18-9)19(3,16)17/h6-7H,4-5H2,1-3H3,(H,12,15)/t7-/m0/s1. The van der Waals surface area contributed by atoms with Crippen molar-refractivity contribution in [3.05, 3.63) is 5.89 Å². The fraction of sp³-hybridized carbons (Fsp3) is 0.700. The molecule has 0 aliphatic heterocycles. The predicted octanol–water partition coefficient (Wildman–Crippen LogP) is 0.915. The molecule has 1 aromatic heterocycles. The molecule has 0 spiro atoms. The summed E-state index contributed by atoms with van der Waals surface area (Å²) in [6, 6.07) is -0.547. The minimum atomic E-state index is -3.56. The summed E-state index contributed by atoms with van der Waals surface area (Å²) in [5, 5.41) is 9.29. The van der Waals surface area contributed by atoms with E-state index in [9.17, 15) is 13.2 Å². The Morgan fingerprint density at radius 2 is 2.05 bits per heavy atom. The van der Waals surface area contributed by atoms with Crippen LogP contribution in [0.3, 0.4) is 0 Å². The van der Waals surface area contributed by atoms with Crippen LogP contribution in [0.1, 0.15) is 32.2 Å². The molecular formula is C10H16ClN3O4S. The number of sulfone groups is 1. The smallest absolute Gasteiger partial charge is 0.335 e. The van der Waals surface area contributed by atoms with E-state index >= 15 is 0 Å². The SMILES string of the molecule is CC(C)C[C@H](NC(=O)CCl)c1nnc(S(C)(=O)=O)o1. The number of hydrogen-bond acceptors (Lipinski definition) is 6. The monoisotopic (exact) mass is 309 g/mol. The van der Waals surface area contributed by atoms with Crippen LogP contribution in [0, 0.1) is 5.92 Å². The molecule has 0 aliphatic rings. The lowest BCUT2D eigenvalue weighted by atomic mass is 10.0. The first kappa shape index (κ1) is 15.9. The molecule has 0 unspecified atom stereocenters. The Kier molecular flexibility index (Phi) is 5.30. The number of aromatic nitrogens is 2. The van der Waals surface area contributed by atoms with Crippen LogP contribution in [0.2, 0.25) is 0 Å². The van der Waals surface area contributed by atoms with Gasteiger partial charge in [-0.3, -0.25) is 4.79 Å². The third-order valence-corrected chi connectivity index (χ3v) is 3.24. The number of nitrogens with one attached hydrogen (secondary N) is 1. The van der Waals surface area contributed by atoms with Crippen molar-refractivity contribution in [2.75, 3.05) is 12.1 Å². The molecule has 1 atom stereocenters.